The van der Waals surface area contributed by atoms with Crippen LogP contribution in [0.5, 0.6) is 0 Å². The molecular weight excluding hydrogens is 378 g/mol. The van der Waals surface area contributed by atoms with Crippen molar-refractivity contribution >= 4 is 34.4 Å². The van der Waals surface area contributed by atoms with Gasteiger partial charge in [0.1, 0.15) is 0 Å². The van der Waals surface area contributed by atoms with Crippen molar-refractivity contribution in [2.45, 2.75) is 52.7 Å². The second kappa shape index (κ2) is 7.47. The SMILES string of the molecule is CCCn1c(=O)c2c(nc3n2CCCN3c2ccc(Cl)cc2)n(CCC)c1=O. The second-order valence-electron chi connectivity index (χ2n) is 7.11. The lowest BCUT2D eigenvalue weighted by molar-refractivity contribution is 0.551. The summed E-state index contributed by atoms with van der Waals surface area (Å²) in [4.78, 5) is 33.0. The first-order chi connectivity index (χ1) is 13.6. The molecule has 1 aliphatic rings. The first kappa shape index (κ1) is 18.8. The van der Waals surface area contributed by atoms with Crippen molar-refractivity contribution < 1.29 is 0 Å². The molecule has 3 heterocycles. The van der Waals surface area contributed by atoms with E-state index in [4.69, 9.17) is 16.6 Å². The quantitative estimate of drug-likeness (QED) is 0.657. The summed E-state index contributed by atoms with van der Waals surface area (Å²) in [5.74, 6) is 0.708. The zero-order valence-electron chi connectivity index (χ0n) is 16.2. The van der Waals surface area contributed by atoms with E-state index in [-0.39, 0.29) is 11.2 Å². The Morgan fingerprint density at radius 2 is 1.68 bits per heavy atom. The van der Waals surface area contributed by atoms with E-state index in [2.05, 4.69) is 4.90 Å². The van der Waals surface area contributed by atoms with Crippen molar-refractivity contribution in [1.82, 2.24) is 18.7 Å². The minimum Gasteiger partial charge on any atom is -0.312 e. The number of benzene rings is 1. The van der Waals surface area contributed by atoms with Crippen LogP contribution in [0.1, 0.15) is 33.1 Å². The molecule has 0 saturated heterocycles. The van der Waals surface area contributed by atoms with E-state index in [0.29, 0.717) is 41.8 Å². The number of rotatable bonds is 5. The summed E-state index contributed by atoms with van der Waals surface area (Å²) >= 11 is 6.03. The summed E-state index contributed by atoms with van der Waals surface area (Å²) in [5, 5.41) is 0.675. The molecule has 1 aromatic carbocycles. The lowest BCUT2D eigenvalue weighted by atomic mass is 10.2. The molecule has 0 fully saturated rings. The highest BCUT2D eigenvalue weighted by molar-refractivity contribution is 6.30. The smallest absolute Gasteiger partial charge is 0.312 e. The van der Waals surface area contributed by atoms with E-state index in [9.17, 15) is 9.59 Å². The summed E-state index contributed by atoms with van der Waals surface area (Å²) in [5.41, 5.74) is 1.47. The molecular formula is C20H24ClN5O2. The Hall–Kier alpha value is -2.54. The van der Waals surface area contributed by atoms with E-state index in [1.54, 1.807) is 4.57 Å². The van der Waals surface area contributed by atoms with Crippen LogP contribution in [0.15, 0.2) is 33.9 Å². The molecule has 0 bridgehead atoms. The Kier molecular flexibility index (Phi) is 5.02. The van der Waals surface area contributed by atoms with Crippen LogP contribution < -0.4 is 16.1 Å². The molecule has 0 N–H and O–H groups in total. The van der Waals surface area contributed by atoms with Crippen molar-refractivity contribution in [1.29, 1.82) is 0 Å². The maximum Gasteiger partial charge on any atom is 0.332 e. The number of anilines is 2. The monoisotopic (exact) mass is 401 g/mol. The highest BCUT2D eigenvalue weighted by atomic mass is 35.5. The highest BCUT2D eigenvalue weighted by Crippen LogP contribution is 2.31. The van der Waals surface area contributed by atoms with Crippen LogP contribution in [0, 0.1) is 0 Å². The predicted octanol–water partition coefficient (Wildman–Crippen LogP) is 3.37. The number of imidazole rings is 1. The molecule has 1 aliphatic heterocycles. The van der Waals surface area contributed by atoms with Crippen LogP contribution in [0.4, 0.5) is 11.6 Å². The van der Waals surface area contributed by atoms with Crippen LogP contribution in [-0.4, -0.2) is 25.2 Å². The van der Waals surface area contributed by atoms with Gasteiger partial charge in [-0.15, -0.1) is 0 Å². The lowest BCUT2D eigenvalue weighted by Crippen LogP contribution is -2.40. The Labute approximate surface area is 167 Å². The summed E-state index contributed by atoms with van der Waals surface area (Å²) in [7, 11) is 0. The van der Waals surface area contributed by atoms with Gasteiger partial charge in [-0.3, -0.25) is 13.9 Å². The average Bonchev–Trinajstić information content (AvgIpc) is 3.09. The molecule has 0 saturated carbocycles. The fourth-order valence-corrected chi connectivity index (χ4v) is 4.02. The van der Waals surface area contributed by atoms with E-state index >= 15 is 0 Å². The van der Waals surface area contributed by atoms with Gasteiger partial charge in [-0.25, -0.2) is 4.79 Å². The largest absolute Gasteiger partial charge is 0.332 e. The Morgan fingerprint density at radius 1 is 1.00 bits per heavy atom. The lowest BCUT2D eigenvalue weighted by Gasteiger charge is -2.29. The minimum atomic E-state index is -0.269. The second-order valence-corrected chi connectivity index (χ2v) is 7.54. The molecule has 2 aromatic heterocycles. The standard InChI is InChI=1S/C20H24ClN5O2/c1-3-10-25-17-16(18(27)26(11-4-2)20(25)28)24-13-5-12-23(19(24)22-17)15-8-6-14(21)7-9-15/h6-9H,3-5,10-13H2,1-2H3. The molecule has 7 nitrogen and oxygen atoms in total. The molecule has 0 radical (unpaired) electrons. The van der Waals surface area contributed by atoms with Crippen LogP contribution in [-0.2, 0) is 19.6 Å². The van der Waals surface area contributed by atoms with Crippen LogP contribution in [0.25, 0.3) is 11.2 Å². The Balaban J connectivity index is 1.99. The van der Waals surface area contributed by atoms with Crippen LogP contribution in [0.2, 0.25) is 5.02 Å². The van der Waals surface area contributed by atoms with Gasteiger partial charge in [0.05, 0.1) is 0 Å². The summed E-state index contributed by atoms with van der Waals surface area (Å²) in [6.07, 6.45) is 2.41. The highest BCUT2D eigenvalue weighted by Gasteiger charge is 2.27. The fourth-order valence-electron chi connectivity index (χ4n) is 3.90. The first-order valence-electron chi connectivity index (χ1n) is 9.83. The van der Waals surface area contributed by atoms with E-state index in [1.807, 2.05) is 42.7 Å². The molecule has 3 aromatic rings. The van der Waals surface area contributed by atoms with Crippen LogP contribution in [0.3, 0.4) is 0 Å². The van der Waals surface area contributed by atoms with Gasteiger partial charge in [0, 0.05) is 36.9 Å². The molecule has 0 aliphatic carbocycles. The first-order valence-corrected chi connectivity index (χ1v) is 10.2. The summed E-state index contributed by atoms with van der Waals surface area (Å²) < 4.78 is 4.97. The number of nitrogens with zero attached hydrogens (tertiary/aromatic N) is 5. The minimum absolute atomic E-state index is 0.245. The van der Waals surface area contributed by atoms with Crippen molar-refractivity contribution in [3.63, 3.8) is 0 Å². The van der Waals surface area contributed by atoms with Gasteiger partial charge >= 0.3 is 5.69 Å². The number of halogens is 1. The van der Waals surface area contributed by atoms with Gasteiger partial charge in [0.2, 0.25) is 5.95 Å². The van der Waals surface area contributed by atoms with E-state index in [0.717, 1.165) is 31.5 Å². The van der Waals surface area contributed by atoms with Gasteiger partial charge in [-0.05, 0) is 43.5 Å². The van der Waals surface area contributed by atoms with Crippen molar-refractivity contribution in [2.24, 2.45) is 0 Å². The number of hydrogen-bond donors (Lipinski definition) is 0. The number of fused-ring (bicyclic) bond motifs is 3. The van der Waals surface area contributed by atoms with Crippen molar-refractivity contribution in [2.75, 3.05) is 11.4 Å². The summed E-state index contributed by atoms with van der Waals surface area (Å²) in [6.45, 7) is 6.45. The summed E-state index contributed by atoms with van der Waals surface area (Å²) in [6, 6.07) is 7.59. The van der Waals surface area contributed by atoms with Gasteiger partial charge in [0.25, 0.3) is 5.56 Å². The topological polar surface area (TPSA) is 65.1 Å². The third kappa shape index (κ3) is 2.94. The molecule has 8 heteroatoms. The third-order valence-corrected chi connectivity index (χ3v) is 5.38. The molecule has 28 heavy (non-hydrogen) atoms. The molecule has 0 unspecified atom stereocenters. The number of aryl methyl sites for hydroxylation is 2. The normalized spacial score (nSPS) is 13.9. The van der Waals surface area contributed by atoms with Crippen molar-refractivity contribution in [3.05, 3.63) is 50.1 Å². The fraction of sp³-hybridized carbons (Fsp3) is 0.450. The zero-order valence-corrected chi connectivity index (χ0v) is 16.9. The molecule has 0 spiro atoms. The Morgan fingerprint density at radius 3 is 2.36 bits per heavy atom. The predicted molar refractivity (Wildman–Crippen MR) is 112 cm³/mol. The molecule has 4 rings (SSSR count). The molecule has 0 atom stereocenters. The van der Waals surface area contributed by atoms with Gasteiger partial charge in [-0.2, -0.15) is 4.98 Å². The third-order valence-electron chi connectivity index (χ3n) is 5.13. The average molecular weight is 402 g/mol. The zero-order chi connectivity index (χ0) is 19.8. The maximum absolute atomic E-state index is 13.2. The molecule has 148 valence electrons. The van der Waals surface area contributed by atoms with Gasteiger partial charge in [0.15, 0.2) is 11.2 Å². The van der Waals surface area contributed by atoms with Gasteiger partial charge in [-0.1, -0.05) is 25.4 Å². The number of aromatic nitrogens is 4. The Bertz CT molecular complexity index is 1130. The van der Waals surface area contributed by atoms with E-state index in [1.165, 1.54) is 4.57 Å². The van der Waals surface area contributed by atoms with E-state index < -0.39 is 0 Å². The molecule has 0 amide bonds. The number of hydrogen-bond acceptors (Lipinski definition) is 4. The van der Waals surface area contributed by atoms with Crippen LogP contribution >= 0.6 is 11.6 Å². The maximum atomic E-state index is 13.2. The van der Waals surface area contributed by atoms with Gasteiger partial charge < -0.3 is 9.47 Å². The van der Waals surface area contributed by atoms with Crippen molar-refractivity contribution in [3.8, 4) is 0 Å².